The molecule has 9 heteroatoms. The van der Waals surface area contributed by atoms with Crippen molar-refractivity contribution < 1.29 is 23.6 Å². The van der Waals surface area contributed by atoms with Gasteiger partial charge >= 0.3 is 0 Å². The second-order valence-electron chi connectivity index (χ2n) is 12.5. The van der Waals surface area contributed by atoms with Crippen LogP contribution in [0.1, 0.15) is 86.7 Å². The first kappa shape index (κ1) is 33.8. The number of aliphatic hydroxyl groups is 1. The number of anilines is 1. The molecule has 7 unspecified atom stereocenters. The summed E-state index contributed by atoms with van der Waals surface area (Å²) < 4.78 is 26.5. The second-order valence-corrected chi connectivity index (χ2v) is 14.5. The normalized spacial score (nSPS) is 29.5. The minimum Gasteiger partial charge on any atom is -0.491 e. The molecule has 2 aromatic rings. The van der Waals surface area contributed by atoms with E-state index in [1.807, 2.05) is 25.1 Å². The van der Waals surface area contributed by atoms with Gasteiger partial charge in [0.05, 0.1) is 23.6 Å². The number of aryl methyl sites for hydroxylation is 1. The highest BCUT2D eigenvalue weighted by Gasteiger charge is 2.39. The molecule has 0 saturated heterocycles. The van der Waals surface area contributed by atoms with Crippen LogP contribution in [0.25, 0.3) is 0 Å². The van der Waals surface area contributed by atoms with Gasteiger partial charge in [0.2, 0.25) is 0 Å². The average Bonchev–Trinajstić information content (AvgIpc) is 3.14. The predicted molar refractivity (Wildman–Crippen MR) is 176 cm³/mol. The maximum Gasteiger partial charge on any atom is 0.263 e. The minimum atomic E-state index is -1.50. The molecule has 1 amide bonds. The Morgan fingerprint density at radius 1 is 1.09 bits per heavy atom. The highest BCUT2D eigenvalue weighted by molar-refractivity contribution is 7.84. The zero-order chi connectivity index (χ0) is 31.1. The van der Waals surface area contributed by atoms with Crippen LogP contribution in [0.4, 0.5) is 5.69 Å². The van der Waals surface area contributed by atoms with Crippen LogP contribution in [0.5, 0.6) is 5.75 Å². The first-order valence-corrected chi connectivity index (χ1v) is 17.4. The van der Waals surface area contributed by atoms with Crippen LogP contribution < -0.4 is 14.4 Å². The number of methoxy groups -OCH3 is 1. The van der Waals surface area contributed by atoms with Crippen LogP contribution in [0.15, 0.2) is 36.4 Å². The van der Waals surface area contributed by atoms with Crippen molar-refractivity contribution in [2.24, 2.45) is 17.8 Å². The highest BCUT2D eigenvalue weighted by Crippen LogP contribution is 2.43. The Morgan fingerprint density at radius 2 is 1.86 bits per heavy atom. The Morgan fingerprint density at radius 3 is 2.56 bits per heavy atom. The number of benzene rings is 2. The van der Waals surface area contributed by atoms with E-state index in [1.54, 1.807) is 20.3 Å². The van der Waals surface area contributed by atoms with E-state index in [0.29, 0.717) is 18.1 Å². The van der Waals surface area contributed by atoms with Gasteiger partial charge in [0.25, 0.3) is 5.91 Å². The number of aliphatic hydroxyl groups excluding tert-OH is 1. The van der Waals surface area contributed by atoms with Gasteiger partial charge in [-0.05, 0) is 98.2 Å². The summed E-state index contributed by atoms with van der Waals surface area (Å²) in [7, 11) is 1.75. The molecule has 2 bridgehead atoms. The van der Waals surface area contributed by atoms with E-state index in [9.17, 15) is 14.1 Å². The van der Waals surface area contributed by atoms with E-state index in [2.05, 4.69) is 40.3 Å². The average molecular weight is 633 g/mol. The number of fused-ring (bicyclic) bond motifs is 2. The summed E-state index contributed by atoms with van der Waals surface area (Å²) in [5.41, 5.74) is 3.88. The monoisotopic (exact) mass is 632 g/mol. The fourth-order valence-electron chi connectivity index (χ4n) is 6.62. The van der Waals surface area contributed by atoms with E-state index in [-0.39, 0.29) is 35.0 Å². The lowest BCUT2D eigenvalue weighted by Crippen LogP contribution is -2.44. The van der Waals surface area contributed by atoms with E-state index < -0.39 is 11.0 Å². The van der Waals surface area contributed by atoms with Crippen LogP contribution in [-0.4, -0.2) is 60.5 Å². The molecule has 3 aliphatic rings. The van der Waals surface area contributed by atoms with Gasteiger partial charge in [-0.15, -0.1) is 0 Å². The summed E-state index contributed by atoms with van der Waals surface area (Å²) in [5, 5.41) is 11.7. The Labute approximate surface area is 265 Å². The molecule has 7 nitrogen and oxygen atoms in total. The summed E-state index contributed by atoms with van der Waals surface area (Å²) in [5.74, 6) is 1.40. The number of carbonyl (C=O) groups is 1. The summed E-state index contributed by atoms with van der Waals surface area (Å²) in [6, 6.07) is 11.7. The molecule has 2 aromatic carbocycles. The Kier molecular flexibility index (Phi) is 12.4. The van der Waals surface area contributed by atoms with Gasteiger partial charge in [0.1, 0.15) is 16.7 Å². The molecule has 2 aliphatic heterocycles. The topological polar surface area (TPSA) is 88.1 Å². The zero-order valence-electron chi connectivity index (χ0n) is 26.3. The first-order chi connectivity index (χ1) is 20.7. The van der Waals surface area contributed by atoms with E-state index in [4.69, 9.17) is 16.3 Å². The fraction of sp³-hybridized carbons (Fsp3) is 0.618. The maximum absolute atomic E-state index is 13.2. The second kappa shape index (κ2) is 15.7. The standard InChI is InChI=1S/C32H43ClN2O4S.C2H6O/c1-4-6-22-15-26(33)11-13-27(22)25-18-35-17-24-9-12-28(24)30(36)8-5-7-20(2)21(3)40(38)34-32(37)23-10-14-31(39-19-25)29(35)16-23;1-3-2/h10-11,13-16,20-21,24-25,28,30,36H,4-9,12,17-19H2,1-3H3,(H,34,37);1-2H3. The molecule has 0 radical (unpaired) electrons. The molecule has 2 N–H and O–H groups in total. The Hall–Kier alpha value is -2.13. The third kappa shape index (κ3) is 8.33. The number of amides is 1. The largest absolute Gasteiger partial charge is 0.491 e. The van der Waals surface area contributed by atoms with Crippen molar-refractivity contribution in [1.29, 1.82) is 0 Å². The molecular formula is C34H49ClN2O5S. The van der Waals surface area contributed by atoms with Crippen LogP contribution in [0.2, 0.25) is 5.02 Å². The minimum absolute atomic E-state index is 0.132. The summed E-state index contributed by atoms with van der Waals surface area (Å²) in [4.78, 5) is 15.6. The van der Waals surface area contributed by atoms with Crippen molar-refractivity contribution in [3.63, 3.8) is 0 Å². The molecule has 0 spiro atoms. The van der Waals surface area contributed by atoms with E-state index in [0.717, 1.165) is 74.5 Å². The number of carbonyl (C=O) groups excluding carboxylic acids is 1. The van der Waals surface area contributed by atoms with Crippen molar-refractivity contribution in [3.05, 3.63) is 58.1 Å². The molecule has 5 rings (SSSR count). The van der Waals surface area contributed by atoms with Crippen molar-refractivity contribution in [3.8, 4) is 5.75 Å². The van der Waals surface area contributed by atoms with Gasteiger partial charge in [-0.25, -0.2) is 4.21 Å². The Balaban J connectivity index is 0.00000135. The fourth-order valence-corrected chi connectivity index (χ4v) is 7.86. The van der Waals surface area contributed by atoms with Crippen molar-refractivity contribution >= 4 is 34.2 Å². The lowest BCUT2D eigenvalue weighted by atomic mass is 9.69. The lowest BCUT2D eigenvalue weighted by Gasteiger charge is -2.43. The zero-order valence-corrected chi connectivity index (χ0v) is 27.9. The van der Waals surface area contributed by atoms with E-state index >= 15 is 0 Å². The van der Waals surface area contributed by atoms with Gasteiger partial charge in [-0.2, -0.15) is 0 Å². The third-order valence-electron chi connectivity index (χ3n) is 9.42. The van der Waals surface area contributed by atoms with Crippen molar-refractivity contribution in [2.45, 2.75) is 83.0 Å². The summed E-state index contributed by atoms with van der Waals surface area (Å²) in [6.45, 7) is 8.27. The molecule has 0 aromatic heterocycles. The third-order valence-corrected chi connectivity index (χ3v) is 11.2. The van der Waals surface area contributed by atoms with Gasteiger partial charge in [-0.1, -0.05) is 44.4 Å². The van der Waals surface area contributed by atoms with Gasteiger partial charge in [0.15, 0.2) is 0 Å². The van der Waals surface area contributed by atoms with Crippen LogP contribution in [0.3, 0.4) is 0 Å². The maximum atomic E-state index is 13.2. The summed E-state index contributed by atoms with van der Waals surface area (Å²) in [6.07, 6.45) is 6.32. The molecule has 7 atom stereocenters. The number of rotatable bonds is 3. The van der Waals surface area contributed by atoms with Crippen LogP contribution in [0, 0.1) is 17.8 Å². The molecule has 1 saturated carbocycles. The van der Waals surface area contributed by atoms with Gasteiger partial charge < -0.3 is 19.5 Å². The number of halogens is 1. The first-order valence-electron chi connectivity index (χ1n) is 15.8. The molecule has 238 valence electrons. The van der Waals surface area contributed by atoms with Crippen LogP contribution in [-0.2, 0) is 22.1 Å². The van der Waals surface area contributed by atoms with Gasteiger partial charge in [-0.3, -0.25) is 9.52 Å². The van der Waals surface area contributed by atoms with Crippen LogP contribution >= 0.6 is 11.6 Å². The highest BCUT2D eigenvalue weighted by atomic mass is 35.5. The Bertz CT molecular complexity index is 1260. The van der Waals surface area contributed by atoms with Crippen molar-refractivity contribution in [1.82, 2.24) is 4.72 Å². The molecule has 1 aliphatic carbocycles. The molecular weight excluding hydrogens is 584 g/mol. The molecule has 1 fully saturated rings. The number of nitrogens with one attached hydrogen (secondary N) is 1. The molecule has 2 heterocycles. The quantitative estimate of drug-likeness (QED) is 0.400. The smallest absolute Gasteiger partial charge is 0.263 e. The number of hydrogen-bond donors (Lipinski definition) is 2. The molecule has 43 heavy (non-hydrogen) atoms. The number of ether oxygens (including phenoxy) is 2. The van der Waals surface area contributed by atoms with Crippen molar-refractivity contribution in [2.75, 3.05) is 38.8 Å². The lowest BCUT2D eigenvalue weighted by molar-refractivity contribution is 0.00888. The van der Waals surface area contributed by atoms with E-state index in [1.165, 1.54) is 11.1 Å². The SMILES string of the molecule is CCCc1cc(Cl)ccc1C1COc2ccc3cc2N(C1)CC1CCC1C(O)CCCC(C)C(C)S(=O)NC3=O.COC. The van der Waals surface area contributed by atoms with Gasteiger partial charge in [0, 0.05) is 43.8 Å². The summed E-state index contributed by atoms with van der Waals surface area (Å²) >= 11 is 6.38. The number of hydrogen-bond acceptors (Lipinski definition) is 6. The predicted octanol–water partition coefficient (Wildman–Crippen LogP) is 6.53. The number of nitrogens with zero attached hydrogens (tertiary/aromatic N) is 1.